The number of hydrogen-bond donors (Lipinski definition) is 1. The molecule has 0 fully saturated rings. The molecule has 4 nitrogen and oxygen atoms in total. The van der Waals surface area contributed by atoms with Crippen LogP contribution < -0.4 is 5.32 Å². The Hall–Kier alpha value is -1.29. The molecule has 2 unspecified atom stereocenters. The first-order valence-corrected chi connectivity index (χ1v) is 5.18. The molecule has 0 aliphatic heterocycles. The molecular formula is C10H16F3N3O. The fourth-order valence-corrected chi connectivity index (χ4v) is 1.10. The van der Waals surface area contributed by atoms with Crippen LogP contribution in [-0.4, -0.2) is 43.2 Å². The van der Waals surface area contributed by atoms with Crippen molar-refractivity contribution in [1.82, 2.24) is 10.2 Å². The highest BCUT2D eigenvalue weighted by Crippen LogP contribution is 2.24. The maximum Gasteiger partial charge on any atom is 0.405 e. The predicted molar refractivity (Wildman–Crippen MR) is 55.9 cm³/mol. The zero-order chi connectivity index (χ0) is 13.6. The second kappa shape index (κ2) is 6.45. The van der Waals surface area contributed by atoms with Crippen LogP contribution in [0.5, 0.6) is 0 Å². The fourth-order valence-electron chi connectivity index (χ4n) is 1.10. The molecule has 0 bridgehead atoms. The minimum atomic E-state index is -4.57. The van der Waals surface area contributed by atoms with Gasteiger partial charge in [-0.3, -0.25) is 4.79 Å². The summed E-state index contributed by atoms with van der Waals surface area (Å²) in [6.07, 6.45) is -4.57. The van der Waals surface area contributed by atoms with Crippen molar-refractivity contribution < 1.29 is 18.0 Å². The number of nitriles is 1. The molecule has 0 aromatic rings. The van der Waals surface area contributed by atoms with Gasteiger partial charge in [-0.1, -0.05) is 0 Å². The Morgan fingerprint density at radius 1 is 1.53 bits per heavy atom. The van der Waals surface area contributed by atoms with E-state index in [0.29, 0.717) is 6.54 Å². The minimum absolute atomic E-state index is 0.300. The number of carbonyl (C=O) groups is 1. The van der Waals surface area contributed by atoms with Gasteiger partial charge in [-0.05, 0) is 13.8 Å². The molecule has 0 aliphatic carbocycles. The van der Waals surface area contributed by atoms with Crippen LogP contribution in [0.1, 0.15) is 13.8 Å². The second-order valence-electron chi connectivity index (χ2n) is 3.71. The lowest BCUT2D eigenvalue weighted by Gasteiger charge is -2.22. The van der Waals surface area contributed by atoms with Crippen molar-refractivity contribution in [2.75, 3.05) is 20.1 Å². The molecule has 0 radical (unpaired) electrons. The third-order valence-electron chi connectivity index (χ3n) is 2.40. The predicted octanol–water partition coefficient (Wildman–Crippen LogP) is 1.14. The van der Waals surface area contributed by atoms with E-state index in [9.17, 15) is 18.0 Å². The lowest BCUT2D eigenvalue weighted by atomic mass is 10.1. The average Bonchev–Trinajstić information content (AvgIpc) is 2.25. The number of amides is 1. The standard InChI is InChI=1S/C10H16F3N3O/c1-4-16(3)9(17)7(2)15-6-8(5-14)10(11,12)13/h7-8,15H,4,6H2,1-3H3. The van der Waals surface area contributed by atoms with E-state index in [1.165, 1.54) is 17.9 Å². The highest BCUT2D eigenvalue weighted by Gasteiger charge is 2.40. The van der Waals surface area contributed by atoms with Crippen molar-refractivity contribution in [1.29, 1.82) is 5.26 Å². The van der Waals surface area contributed by atoms with Gasteiger partial charge >= 0.3 is 6.18 Å². The third kappa shape index (κ3) is 5.04. The fraction of sp³-hybridized carbons (Fsp3) is 0.800. The van der Waals surface area contributed by atoms with Crippen molar-refractivity contribution in [3.8, 4) is 6.07 Å². The van der Waals surface area contributed by atoms with E-state index < -0.39 is 24.7 Å². The van der Waals surface area contributed by atoms with Crippen LogP contribution in [-0.2, 0) is 4.79 Å². The van der Waals surface area contributed by atoms with Crippen molar-refractivity contribution in [3.05, 3.63) is 0 Å². The second-order valence-corrected chi connectivity index (χ2v) is 3.71. The maximum atomic E-state index is 12.2. The molecule has 1 N–H and O–H groups in total. The Morgan fingerprint density at radius 2 is 2.06 bits per heavy atom. The van der Waals surface area contributed by atoms with Crippen molar-refractivity contribution in [2.24, 2.45) is 5.92 Å². The number of nitrogens with zero attached hydrogens (tertiary/aromatic N) is 2. The maximum absolute atomic E-state index is 12.2. The smallest absolute Gasteiger partial charge is 0.345 e. The van der Waals surface area contributed by atoms with Crippen LogP contribution in [0.3, 0.4) is 0 Å². The first kappa shape index (κ1) is 15.7. The summed E-state index contributed by atoms with van der Waals surface area (Å²) in [5, 5.41) is 10.8. The molecule has 0 aromatic heterocycles. The van der Waals surface area contributed by atoms with E-state index in [0.717, 1.165) is 0 Å². The van der Waals surface area contributed by atoms with Crippen molar-refractivity contribution in [2.45, 2.75) is 26.1 Å². The van der Waals surface area contributed by atoms with Gasteiger partial charge in [0.2, 0.25) is 5.91 Å². The molecule has 0 saturated heterocycles. The normalized spacial score (nSPS) is 14.9. The Balaban J connectivity index is 4.29. The topological polar surface area (TPSA) is 56.1 Å². The summed E-state index contributed by atoms with van der Waals surface area (Å²) >= 11 is 0. The Bertz CT molecular complexity index is 298. The van der Waals surface area contributed by atoms with E-state index in [1.54, 1.807) is 14.0 Å². The number of carbonyl (C=O) groups excluding carboxylic acids is 1. The van der Waals surface area contributed by atoms with Gasteiger partial charge in [0.1, 0.15) is 0 Å². The number of alkyl halides is 3. The Labute approximate surface area is 98.4 Å². The molecule has 98 valence electrons. The van der Waals surface area contributed by atoms with Gasteiger partial charge in [0.05, 0.1) is 12.1 Å². The molecule has 2 atom stereocenters. The summed E-state index contributed by atoms with van der Waals surface area (Å²) in [5.41, 5.74) is 0. The Morgan fingerprint density at radius 3 is 2.41 bits per heavy atom. The molecular weight excluding hydrogens is 235 g/mol. The molecule has 1 amide bonds. The zero-order valence-corrected chi connectivity index (χ0v) is 10.0. The zero-order valence-electron chi connectivity index (χ0n) is 10.0. The van der Waals surface area contributed by atoms with Crippen LogP contribution >= 0.6 is 0 Å². The highest BCUT2D eigenvalue weighted by atomic mass is 19.4. The molecule has 0 spiro atoms. The van der Waals surface area contributed by atoms with Crippen LogP contribution in [0.15, 0.2) is 0 Å². The highest BCUT2D eigenvalue weighted by molar-refractivity contribution is 5.81. The molecule has 0 heterocycles. The van der Waals surface area contributed by atoms with E-state index in [-0.39, 0.29) is 5.91 Å². The molecule has 0 rings (SSSR count). The quantitative estimate of drug-likeness (QED) is 0.797. The largest absolute Gasteiger partial charge is 0.405 e. The summed E-state index contributed by atoms with van der Waals surface area (Å²) in [6.45, 7) is 3.13. The average molecular weight is 251 g/mol. The monoisotopic (exact) mass is 251 g/mol. The van der Waals surface area contributed by atoms with Gasteiger partial charge < -0.3 is 10.2 Å². The first-order chi connectivity index (χ1) is 7.73. The van der Waals surface area contributed by atoms with Crippen molar-refractivity contribution in [3.63, 3.8) is 0 Å². The van der Waals surface area contributed by atoms with Gasteiger partial charge in [0, 0.05) is 20.1 Å². The molecule has 0 saturated carbocycles. The summed E-state index contributed by atoms with van der Waals surface area (Å²) in [5.74, 6) is -2.39. The van der Waals surface area contributed by atoms with Crippen LogP contribution in [0, 0.1) is 17.2 Å². The summed E-state index contributed by atoms with van der Waals surface area (Å²) < 4.78 is 36.7. The molecule has 0 aliphatic rings. The minimum Gasteiger partial charge on any atom is -0.345 e. The van der Waals surface area contributed by atoms with Crippen LogP contribution in [0.25, 0.3) is 0 Å². The van der Waals surface area contributed by atoms with Gasteiger partial charge in [-0.15, -0.1) is 0 Å². The molecule has 17 heavy (non-hydrogen) atoms. The van der Waals surface area contributed by atoms with E-state index >= 15 is 0 Å². The lowest BCUT2D eigenvalue weighted by molar-refractivity contribution is -0.158. The van der Waals surface area contributed by atoms with E-state index in [2.05, 4.69) is 5.32 Å². The Kier molecular flexibility index (Phi) is 5.96. The molecule has 0 aromatic carbocycles. The SMILES string of the molecule is CCN(C)C(=O)C(C)NCC(C#N)C(F)(F)F. The number of rotatable bonds is 5. The van der Waals surface area contributed by atoms with Crippen LogP contribution in [0.4, 0.5) is 13.2 Å². The third-order valence-corrected chi connectivity index (χ3v) is 2.40. The van der Waals surface area contributed by atoms with E-state index in [4.69, 9.17) is 5.26 Å². The number of halogens is 3. The summed E-state index contributed by atoms with van der Waals surface area (Å²) in [6, 6.07) is 0.429. The van der Waals surface area contributed by atoms with Gasteiger partial charge in [0.15, 0.2) is 5.92 Å². The lowest BCUT2D eigenvalue weighted by Crippen LogP contribution is -2.46. The van der Waals surface area contributed by atoms with Gasteiger partial charge in [-0.2, -0.15) is 18.4 Å². The van der Waals surface area contributed by atoms with Crippen LogP contribution in [0.2, 0.25) is 0 Å². The van der Waals surface area contributed by atoms with Gasteiger partial charge in [0.25, 0.3) is 0 Å². The summed E-state index contributed by atoms with van der Waals surface area (Å²) in [7, 11) is 1.56. The van der Waals surface area contributed by atoms with Crippen molar-refractivity contribution >= 4 is 5.91 Å². The number of nitrogens with one attached hydrogen (secondary N) is 1. The molecule has 7 heteroatoms. The number of hydrogen-bond acceptors (Lipinski definition) is 3. The summed E-state index contributed by atoms with van der Waals surface area (Å²) in [4.78, 5) is 12.9. The first-order valence-electron chi connectivity index (χ1n) is 5.18. The van der Waals surface area contributed by atoms with E-state index in [1.807, 2.05) is 0 Å². The number of likely N-dealkylation sites (N-methyl/N-ethyl adjacent to an activating group) is 1. The van der Waals surface area contributed by atoms with Gasteiger partial charge in [-0.25, -0.2) is 0 Å².